The van der Waals surface area contributed by atoms with Gasteiger partial charge >= 0.3 is 0 Å². The number of rotatable bonds is 5. The number of benzene rings is 1. The molecule has 0 spiro atoms. The van der Waals surface area contributed by atoms with E-state index in [1.54, 1.807) is 0 Å². The third-order valence-electron chi connectivity index (χ3n) is 3.30. The monoisotopic (exact) mass is 371 g/mol. The van der Waals surface area contributed by atoms with E-state index in [2.05, 4.69) is 21.0 Å². The van der Waals surface area contributed by atoms with E-state index in [0.717, 1.165) is 28.0 Å². The molecule has 0 bridgehead atoms. The van der Waals surface area contributed by atoms with Gasteiger partial charge in [0.15, 0.2) is 0 Å². The zero-order chi connectivity index (χ0) is 15.6. The van der Waals surface area contributed by atoms with Gasteiger partial charge in [0, 0.05) is 12.6 Å². The van der Waals surface area contributed by atoms with Crippen molar-refractivity contribution in [3.8, 4) is 5.75 Å². The number of nitrogens with zero attached hydrogens (tertiary/aromatic N) is 2. The fraction of sp³-hybridized carbons (Fsp3) is 0.400. The van der Waals surface area contributed by atoms with Crippen molar-refractivity contribution in [3.63, 3.8) is 0 Å². The van der Waals surface area contributed by atoms with Gasteiger partial charge in [0.2, 0.25) is 0 Å². The van der Waals surface area contributed by atoms with Gasteiger partial charge in [-0.1, -0.05) is 17.7 Å². The Bertz CT molecular complexity index is 640. The summed E-state index contributed by atoms with van der Waals surface area (Å²) in [4.78, 5) is 0. The number of nitrogens with two attached hydrogens (primary N) is 1. The maximum atomic E-state index is 6.24. The van der Waals surface area contributed by atoms with Gasteiger partial charge in [-0.3, -0.25) is 4.68 Å². The summed E-state index contributed by atoms with van der Waals surface area (Å²) in [6.07, 6.45) is 0. The first kappa shape index (κ1) is 16.3. The topological polar surface area (TPSA) is 53.1 Å². The second-order valence-electron chi connectivity index (χ2n) is 4.93. The molecule has 21 heavy (non-hydrogen) atoms. The molecule has 1 aromatic heterocycles. The van der Waals surface area contributed by atoms with E-state index in [9.17, 15) is 0 Å². The van der Waals surface area contributed by atoms with Gasteiger partial charge < -0.3 is 10.5 Å². The first-order chi connectivity index (χ1) is 9.93. The van der Waals surface area contributed by atoms with E-state index in [1.807, 2.05) is 43.7 Å². The van der Waals surface area contributed by atoms with E-state index in [-0.39, 0.29) is 6.04 Å². The van der Waals surface area contributed by atoms with Gasteiger partial charge in [-0.25, -0.2) is 0 Å². The van der Waals surface area contributed by atoms with Crippen LogP contribution >= 0.6 is 27.5 Å². The first-order valence-corrected chi connectivity index (χ1v) is 8.00. The van der Waals surface area contributed by atoms with Crippen LogP contribution in [0, 0.1) is 6.92 Å². The summed E-state index contributed by atoms with van der Waals surface area (Å²) < 4.78 is 8.73. The van der Waals surface area contributed by atoms with Crippen LogP contribution in [0.25, 0.3) is 0 Å². The number of hydrogen-bond donors (Lipinski definition) is 1. The van der Waals surface area contributed by atoms with Crippen molar-refractivity contribution in [2.24, 2.45) is 5.73 Å². The summed E-state index contributed by atoms with van der Waals surface area (Å²) in [5.41, 5.74) is 8.78. The summed E-state index contributed by atoms with van der Waals surface area (Å²) in [7, 11) is 0. The van der Waals surface area contributed by atoms with Crippen LogP contribution in [0.2, 0.25) is 5.02 Å². The van der Waals surface area contributed by atoms with Crippen LogP contribution in [-0.2, 0) is 13.2 Å². The highest BCUT2D eigenvalue weighted by atomic mass is 79.9. The molecule has 0 unspecified atom stereocenters. The molecule has 4 nitrogen and oxygen atoms in total. The Balaban J connectivity index is 2.17. The number of ether oxygens (including phenoxy) is 1. The Hall–Kier alpha value is -1.04. The molecule has 0 radical (unpaired) electrons. The van der Waals surface area contributed by atoms with Gasteiger partial charge in [-0.05, 0) is 54.4 Å². The van der Waals surface area contributed by atoms with Crippen LogP contribution in [0.3, 0.4) is 0 Å². The van der Waals surface area contributed by atoms with Crippen molar-refractivity contribution >= 4 is 27.5 Å². The van der Waals surface area contributed by atoms with Crippen LogP contribution < -0.4 is 10.5 Å². The summed E-state index contributed by atoms with van der Waals surface area (Å²) >= 11 is 9.80. The fourth-order valence-electron chi connectivity index (χ4n) is 2.07. The minimum absolute atomic E-state index is 0.0464. The molecule has 1 atom stereocenters. The van der Waals surface area contributed by atoms with E-state index < -0.39 is 0 Å². The third-order valence-corrected chi connectivity index (χ3v) is 4.63. The molecule has 0 saturated heterocycles. The van der Waals surface area contributed by atoms with Crippen LogP contribution in [0.1, 0.15) is 36.8 Å². The van der Waals surface area contributed by atoms with Crippen molar-refractivity contribution in [2.45, 2.75) is 40.0 Å². The predicted molar refractivity (Wildman–Crippen MR) is 88.7 cm³/mol. The summed E-state index contributed by atoms with van der Waals surface area (Å²) in [6.45, 7) is 7.14. The largest absolute Gasteiger partial charge is 0.486 e. The molecule has 0 aliphatic rings. The quantitative estimate of drug-likeness (QED) is 0.854. The third kappa shape index (κ3) is 3.59. The molecule has 0 amide bonds. The molecular formula is C15H19BrClN3O. The number of hydrogen-bond acceptors (Lipinski definition) is 3. The van der Waals surface area contributed by atoms with Crippen LogP contribution in [-0.4, -0.2) is 9.78 Å². The Morgan fingerprint density at radius 3 is 2.76 bits per heavy atom. The van der Waals surface area contributed by atoms with Gasteiger partial charge in [0.1, 0.15) is 12.4 Å². The van der Waals surface area contributed by atoms with Crippen LogP contribution in [0.4, 0.5) is 0 Å². The summed E-state index contributed by atoms with van der Waals surface area (Å²) in [6, 6.07) is 5.59. The Kier molecular flexibility index (Phi) is 5.30. The maximum Gasteiger partial charge on any atom is 0.138 e. The van der Waals surface area contributed by atoms with E-state index >= 15 is 0 Å². The average Bonchev–Trinajstić information content (AvgIpc) is 2.72. The molecule has 2 aromatic rings. The van der Waals surface area contributed by atoms with Crippen molar-refractivity contribution in [1.29, 1.82) is 0 Å². The van der Waals surface area contributed by atoms with Gasteiger partial charge in [-0.15, -0.1) is 0 Å². The van der Waals surface area contributed by atoms with Crippen molar-refractivity contribution in [3.05, 3.63) is 44.6 Å². The summed E-state index contributed by atoms with van der Waals surface area (Å²) in [5.74, 6) is 0.648. The van der Waals surface area contributed by atoms with Gasteiger partial charge in [0.25, 0.3) is 0 Å². The minimum atomic E-state index is -0.0464. The number of halogens is 2. The van der Waals surface area contributed by atoms with Crippen LogP contribution in [0.15, 0.2) is 22.7 Å². The van der Waals surface area contributed by atoms with E-state index in [4.69, 9.17) is 22.1 Å². The zero-order valence-electron chi connectivity index (χ0n) is 12.4. The molecule has 1 heterocycles. The highest BCUT2D eigenvalue weighted by Gasteiger charge is 2.13. The molecule has 0 aliphatic carbocycles. The Morgan fingerprint density at radius 1 is 1.48 bits per heavy atom. The SMILES string of the molecule is CCn1nc(C)c(Br)c1COc1ccc([C@H](C)N)cc1Cl. The average molecular weight is 373 g/mol. The normalized spacial score (nSPS) is 12.5. The summed E-state index contributed by atoms with van der Waals surface area (Å²) in [5, 5.41) is 5.01. The molecule has 0 fully saturated rings. The number of aryl methyl sites for hydroxylation is 2. The Morgan fingerprint density at radius 2 is 2.19 bits per heavy atom. The Labute approximate surface area is 138 Å². The van der Waals surface area contributed by atoms with Crippen molar-refractivity contribution < 1.29 is 4.74 Å². The number of aromatic nitrogens is 2. The zero-order valence-corrected chi connectivity index (χ0v) is 14.7. The lowest BCUT2D eigenvalue weighted by Crippen LogP contribution is -2.07. The van der Waals surface area contributed by atoms with Gasteiger partial charge in [-0.2, -0.15) is 5.10 Å². The minimum Gasteiger partial charge on any atom is -0.486 e. The standard InChI is InChI=1S/C15H19BrClN3O/c1-4-20-13(15(16)10(3)19-20)8-21-14-6-5-11(9(2)18)7-12(14)17/h5-7,9H,4,8,18H2,1-3H3/t9-/m0/s1. The predicted octanol–water partition coefficient (Wildman–Crippen LogP) is 4.23. The molecule has 0 saturated carbocycles. The highest BCUT2D eigenvalue weighted by molar-refractivity contribution is 9.10. The fourth-order valence-corrected chi connectivity index (χ4v) is 2.71. The molecule has 2 rings (SSSR count). The first-order valence-electron chi connectivity index (χ1n) is 6.83. The molecule has 6 heteroatoms. The lowest BCUT2D eigenvalue weighted by Gasteiger charge is -2.12. The smallest absolute Gasteiger partial charge is 0.138 e. The van der Waals surface area contributed by atoms with Crippen molar-refractivity contribution in [2.75, 3.05) is 0 Å². The molecule has 114 valence electrons. The lowest BCUT2D eigenvalue weighted by atomic mass is 10.1. The second kappa shape index (κ2) is 6.81. The molecule has 0 aliphatic heterocycles. The van der Waals surface area contributed by atoms with E-state index in [1.165, 1.54) is 0 Å². The lowest BCUT2D eigenvalue weighted by molar-refractivity contribution is 0.292. The molecule has 1 aromatic carbocycles. The second-order valence-corrected chi connectivity index (χ2v) is 6.13. The van der Waals surface area contributed by atoms with E-state index in [0.29, 0.717) is 17.4 Å². The molecule has 2 N–H and O–H groups in total. The van der Waals surface area contributed by atoms with Gasteiger partial charge in [0.05, 0.1) is 20.9 Å². The highest BCUT2D eigenvalue weighted by Crippen LogP contribution is 2.29. The van der Waals surface area contributed by atoms with Crippen LogP contribution in [0.5, 0.6) is 5.75 Å². The van der Waals surface area contributed by atoms with Crippen molar-refractivity contribution in [1.82, 2.24) is 9.78 Å². The maximum absolute atomic E-state index is 6.24. The molecular weight excluding hydrogens is 354 g/mol.